The van der Waals surface area contributed by atoms with Crippen LogP contribution in [-0.2, 0) is 6.54 Å². The molecule has 0 spiro atoms. The molecule has 0 amide bonds. The van der Waals surface area contributed by atoms with Crippen LogP contribution < -0.4 is 0 Å². The molecule has 0 aromatic carbocycles. The van der Waals surface area contributed by atoms with Gasteiger partial charge in [-0.25, -0.2) is 0 Å². The van der Waals surface area contributed by atoms with E-state index >= 15 is 0 Å². The largest absolute Gasteiger partial charge is 0.465 e. The summed E-state index contributed by atoms with van der Waals surface area (Å²) in [6.07, 6.45) is 4.09. The van der Waals surface area contributed by atoms with Crippen LogP contribution in [0.5, 0.6) is 0 Å². The molecule has 2 rings (SSSR count). The van der Waals surface area contributed by atoms with Gasteiger partial charge in [-0.05, 0) is 45.0 Å². The third kappa shape index (κ3) is 4.08. The molecule has 15 heavy (non-hydrogen) atoms. The highest BCUT2D eigenvalue weighted by Gasteiger charge is 2.11. The number of rotatable bonds is 2. The third-order valence-corrected chi connectivity index (χ3v) is 2.62. The predicted octanol–water partition coefficient (Wildman–Crippen LogP) is 3.60. The monoisotopic (exact) mass is 209 g/mol. The fourth-order valence-electron chi connectivity index (χ4n) is 1.91. The van der Waals surface area contributed by atoms with Crippen molar-refractivity contribution < 1.29 is 4.42 Å². The molecule has 2 nitrogen and oxygen atoms in total. The maximum atomic E-state index is 5.54. The Kier molecular flexibility index (Phi) is 5.48. The zero-order valence-corrected chi connectivity index (χ0v) is 10.3. The molecular weight excluding hydrogens is 186 g/mol. The molecule has 0 atom stereocenters. The molecule has 0 radical (unpaired) electrons. The van der Waals surface area contributed by atoms with Crippen molar-refractivity contribution in [2.24, 2.45) is 0 Å². The van der Waals surface area contributed by atoms with Gasteiger partial charge < -0.3 is 4.42 Å². The Bertz CT molecular complexity index is 261. The standard InChI is InChI=1S/C11H17NO.C2H6/c1-10-5-6-11(13-10)9-12-7-3-2-4-8-12;1-2/h5-6H,2-4,7-9H2,1H3;1-2H3. The van der Waals surface area contributed by atoms with Gasteiger partial charge in [0.1, 0.15) is 11.5 Å². The normalized spacial score (nSPS) is 17.0. The van der Waals surface area contributed by atoms with Gasteiger partial charge in [0, 0.05) is 0 Å². The van der Waals surface area contributed by atoms with Crippen molar-refractivity contribution in [1.82, 2.24) is 4.90 Å². The van der Waals surface area contributed by atoms with Crippen molar-refractivity contribution in [2.75, 3.05) is 13.1 Å². The Balaban J connectivity index is 0.000000531. The molecule has 0 aliphatic carbocycles. The Morgan fingerprint density at radius 2 is 1.80 bits per heavy atom. The summed E-state index contributed by atoms with van der Waals surface area (Å²) in [4.78, 5) is 2.47. The van der Waals surface area contributed by atoms with Gasteiger partial charge in [0.2, 0.25) is 0 Å². The Morgan fingerprint density at radius 1 is 1.13 bits per heavy atom. The van der Waals surface area contributed by atoms with Crippen LogP contribution in [0, 0.1) is 6.92 Å². The van der Waals surface area contributed by atoms with Crippen molar-refractivity contribution in [3.05, 3.63) is 23.7 Å². The van der Waals surface area contributed by atoms with Crippen LogP contribution in [0.2, 0.25) is 0 Å². The number of aryl methyl sites for hydroxylation is 1. The quantitative estimate of drug-likeness (QED) is 0.740. The van der Waals surface area contributed by atoms with Gasteiger partial charge in [0.15, 0.2) is 0 Å². The number of piperidine rings is 1. The van der Waals surface area contributed by atoms with E-state index in [2.05, 4.69) is 11.0 Å². The molecule has 1 fully saturated rings. The highest BCUT2D eigenvalue weighted by molar-refractivity contribution is 5.05. The summed E-state index contributed by atoms with van der Waals surface area (Å²) in [7, 11) is 0. The number of hydrogen-bond donors (Lipinski definition) is 0. The average molecular weight is 209 g/mol. The van der Waals surface area contributed by atoms with Crippen molar-refractivity contribution >= 4 is 0 Å². The van der Waals surface area contributed by atoms with Crippen LogP contribution >= 0.6 is 0 Å². The first kappa shape index (κ1) is 12.3. The van der Waals surface area contributed by atoms with Gasteiger partial charge >= 0.3 is 0 Å². The Hall–Kier alpha value is -0.760. The summed E-state index contributed by atoms with van der Waals surface area (Å²) in [6, 6.07) is 4.13. The predicted molar refractivity (Wildman–Crippen MR) is 63.9 cm³/mol. The zero-order chi connectivity index (χ0) is 11.1. The first-order valence-corrected chi connectivity index (χ1v) is 6.12. The fourth-order valence-corrected chi connectivity index (χ4v) is 1.91. The number of likely N-dealkylation sites (tertiary alicyclic amines) is 1. The molecular formula is C13H23NO. The summed E-state index contributed by atoms with van der Waals surface area (Å²) in [5, 5.41) is 0. The molecule has 1 aromatic rings. The van der Waals surface area contributed by atoms with Crippen LogP contribution in [0.4, 0.5) is 0 Å². The highest BCUT2D eigenvalue weighted by atomic mass is 16.3. The van der Waals surface area contributed by atoms with E-state index in [-0.39, 0.29) is 0 Å². The number of nitrogens with zero attached hydrogens (tertiary/aromatic N) is 1. The van der Waals surface area contributed by atoms with E-state index in [4.69, 9.17) is 4.42 Å². The molecule has 1 saturated heterocycles. The van der Waals surface area contributed by atoms with Crippen molar-refractivity contribution in [2.45, 2.75) is 46.6 Å². The molecule has 1 aliphatic heterocycles. The Morgan fingerprint density at radius 3 is 2.33 bits per heavy atom. The minimum absolute atomic E-state index is 0.994. The summed E-state index contributed by atoms with van der Waals surface area (Å²) < 4.78 is 5.54. The second-order valence-corrected chi connectivity index (χ2v) is 3.85. The lowest BCUT2D eigenvalue weighted by molar-refractivity contribution is 0.204. The van der Waals surface area contributed by atoms with Gasteiger partial charge in [-0.1, -0.05) is 20.3 Å². The van der Waals surface area contributed by atoms with Crippen LogP contribution in [-0.4, -0.2) is 18.0 Å². The minimum Gasteiger partial charge on any atom is -0.465 e. The molecule has 0 unspecified atom stereocenters. The lowest BCUT2D eigenvalue weighted by Crippen LogP contribution is -2.28. The van der Waals surface area contributed by atoms with Crippen LogP contribution in [0.25, 0.3) is 0 Å². The SMILES string of the molecule is CC.Cc1ccc(CN2CCCCC2)o1. The van der Waals surface area contributed by atoms with Gasteiger partial charge in [-0.15, -0.1) is 0 Å². The topological polar surface area (TPSA) is 16.4 Å². The summed E-state index contributed by atoms with van der Waals surface area (Å²) in [5.74, 6) is 2.13. The maximum Gasteiger partial charge on any atom is 0.118 e. The first-order valence-electron chi connectivity index (χ1n) is 6.12. The Labute approximate surface area is 93.3 Å². The molecule has 86 valence electrons. The van der Waals surface area contributed by atoms with Crippen molar-refractivity contribution in [3.63, 3.8) is 0 Å². The second-order valence-electron chi connectivity index (χ2n) is 3.85. The molecule has 0 bridgehead atoms. The van der Waals surface area contributed by atoms with Crippen molar-refractivity contribution in [3.8, 4) is 0 Å². The van der Waals surface area contributed by atoms with E-state index in [0.717, 1.165) is 18.1 Å². The lowest BCUT2D eigenvalue weighted by atomic mass is 10.1. The lowest BCUT2D eigenvalue weighted by Gasteiger charge is -2.25. The fraction of sp³-hybridized carbons (Fsp3) is 0.692. The third-order valence-electron chi connectivity index (χ3n) is 2.62. The van der Waals surface area contributed by atoms with E-state index in [0.29, 0.717) is 0 Å². The smallest absolute Gasteiger partial charge is 0.118 e. The molecule has 1 aromatic heterocycles. The summed E-state index contributed by atoms with van der Waals surface area (Å²) >= 11 is 0. The van der Waals surface area contributed by atoms with Crippen LogP contribution in [0.3, 0.4) is 0 Å². The van der Waals surface area contributed by atoms with Gasteiger partial charge in [-0.2, -0.15) is 0 Å². The second kappa shape index (κ2) is 6.67. The van der Waals surface area contributed by atoms with E-state index in [1.54, 1.807) is 0 Å². The molecule has 2 heteroatoms. The zero-order valence-electron chi connectivity index (χ0n) is 10.3. The average Bonchev–Trinajstić information content (AvgIpc) is 2.68. The molecule has 2 heterocycles. The highest BCUT2D eigenvalue weighted by Crippen LogP contribution is 2.14. The molecule has 0 N–H and O–H groups in total. The summed E-state index contributed by atoms with van der Waals surface area (Å²) in [6.45, 7) is 9.47. The summed E-state index contributed by atoms with van der Waals surface area (Å²) in [5.41, 5.74) is 0. The maximum absolute atomic E-state index is 5.54. The van der Waals surface area contributed by atoms with Gasteiger partial charge in [-0.3, -0.25) is 4.90 Å². The first-order chi connectivity index (χ1) is 7.34. The van der Waals surface area contributed by atoms with E-state index in [1.807, 2.05) is 26.8 Å². The number of furan rings is 1. The van der Waals surface area contributed by atoms with E-state index < -0.39 is 0 Å². The van der Waals surface area contributed by atoms with Gasteiger partial charge in [0.25, 0.3) is 0 Å². The van der Waals surface area contributed by atoms with E-state index in [1.165, 1.54) is 32.4 Å². The number of hydrogen-bond acceptors (Lipinski definition) is 2. The van der Waals surface area contributed by atoms with Crippen LogP contribution in [0.15, 0.2) is 16.5 Å². The minimum atomic E-state index is 0.994. The van der Waals surface area contributed by atoms with Gasteiger partial charge in [0.05, 0.1) is 6.54 Å². The molecule has 1 aliphatic rings. The van der Waals surface area contributed by atoms with E-state index in [9.17, 15) is 0 Å². The molecule has 0 saturated carbocycles. The van der Waals surface area contributed by atoms with Crippen LogP contribution in [0.1, 0.15) is 44.6 Å². The van der Waals surface area contributed by atoms with Crippen molar-refractivity contribution in [1.29, 1.82) is 0 Å².